The van der Waals surface area contributed by atoms with E-state index in [1.807, 2.05) is 26.0 Å². The SMILES string of the molecule is [C-]#[N+]C(C)(C)Nc1ccc(-c2ccc(C)cc2)cc1. The van der Waals surface area contributed by atoms with Gasteiger partial charge in [0.25, 0.3) is 5.66 Å². The zero-order valence-electron chi connectivity index (χ0n) is 11.6. The van der Waals surface area contributed by atoms with Crippen LogP contribution < -0.4 is 5.32 Å². The summed E-state index contributed by atoms with van der Waals surface area (Å²) in [5, 5.41) is 3.20. The molecule has 96 valence electrons. The summed E-state index contributed by atoms with van der Waals surface area (Å²) in [6, 6.07) is 16.7. The van der Waals surface area contributed by atoms with Gasteiger partial charge in [-0.2, -0.15) is 0 Å². The van der Waals surface area contributed by atoms with E-state index in [4.69, 9.17) is 6.57 Å². The summed E-state index contributed by atoms with van der Waals surface area (Å²) in [5.74, 6) is 0. The van der Waals surface area contributed by atoms with Crippen LogP contribution in [0.4, 0.5) is 5.69 Å². The van der Waals surface area contributed by atoms with Gasteiger partial charge in [0.2, 0.25) is 0 Å². The van der Waals surface area contributed by atoms with Crippen LogP contribution in [-0.4, -0.2) is 5.66 Å². The number of nitrogens with zero attached hydrogens (tertiary/aromatic N) is 1. The van der Waals surface area contributed by atoms with Gasteiger partial charge in [-0.3, -0.25) is 4.85 Å². The van der Waals surface area contributed by atoms with Crippen LogP contribution in [0.3, 0.4) is 0 Å². The molecule has 0 atom stereocenters. The van der Waals surface area contributed by atoms with Gasteiger partial charge in [-0.1, -0.05) is 42.0 Å². The number of hydrogen-bond acceptors (Lipinski definition) is 1. The van der Waals surface area contributed by atoms with Gasteiger partial charge in [-0.05, 0) is 30.2 Å². The molecule has 0 aromatic heterocycles. The van der Waals surface area contributed by atoms with Crippen molar-refractivity contribution in [3.8, 4) is 11.1 Å². The van der Waals surface area contributed by atoms with Gasteiger partial charge < -0.3 is 5.32 Å². The molecular formula is C17H18N2. The van der Waals surface area contributed by atoms with E-state index in [-0.39, 0.29) is 0 Å². The molecule has 0 unspecified atom stereocenters. The lowest BCUT2D eigenvalue weighted by Crippen LogP contribution is -2.25. The van der Waals surface area contributed by atoms with E-state index in [1.165, 1.54) is 16.7 Å². The Morgan fingerprint density at radius 1 is 0.895 bits per heavy atom. The second kappa shape index (κ2) is 5.16. The van der Waals surface area contributed by atoms with Crippen LogP contribution in [0.2, 0.25) is 0 Å². The highest BCUT2D eigenvalue weighted by atomic mass is 15.1. The summed E-state index contributed by atoms with van der Waals surface area (Å²) in [6.45, 7) is 12.9. The van der Waals surface area contributed by atoms with Gasteiger partial charge in [-0.25, -0.2) is 6.57 Å². The first-order valence-electron chi connectivity index (χ1n) is 6.34. The van der Waals surface area contributed by atoms with E-state index in [2.05, 4.69) is 53.5 Å². The first-order valence-corrected chi connectivity index (χ1v) is 6.34. The van der Waals surface area contributed by atoms with Crippen LogP contribution in [0.25, 0.3) is 16.0 Å². The molecule has 0 bridgehead atoms. The lowest BCUT2D eigenvalue weighted by atomic mass is 10.0. The molecule has 0 saturated heterocycles. The fourth-order valence-corrected chi connectivity index (χ4v) is 1.87. The standard InChI is InChI=1S/C17H18N2/c1-13-5-7-14(8-6-13)15-9-11-16(12-10-15)19-17(2,3)18-4/h5-12,19H,1-3H3. The average molecular weight is 250 g/mol. The molecule has 0 radical (unpaired) electrons. The molecule has 2 nitrogen and oxygen atoms in total. The Balaban J connectivity index is 2.19. The van der Waals surface area contributed by atoms with Crippen LogP contribution in [0.1, 0.15) is 19.4 Å². The third kappa shape index (κ3) is 3.35. The minimum atomic E-state index is -0.564. The first kappa shape index (κ1) is 13.2. The highest BCUT2D eigenvalue weighted by Gasteiger charge is 2.21. The molecule has 0 saturated carbocycles. The van der Waals surface area contributed by atoms with E-state index in [9.17, 15) is 0 Å². The molecule has 19 heavy (non-hydrogen) atoms. The third-order valence-electron chi connectivity index (χ3n) is 3.00. The smallest absolute Gasteiger partial charge is 0.299 e. The van der Waals surface area contributed by atoms with E-state index in [0.717, 1.165) is 5.69 Å². The Morgan fingerprint density at radius 2 is 1.37 bits per heavy atom. The van der Waals surface area contributed by atoms with Gasteiger partial charge >= 0.3 is 0 Å². The molecule has 0 spiro atoms. The van der Waals surface area contributed by atoms with E-state index < -0.39 is 5.66 Å². The molecule has 0 heterocycles. The lowest BCUT2D eigenvalue weighted by molar-refractivity contribution is 0.707. The molecule has 0 aliphatic rings. The van der Waals surface area contributed by atoms with Gasteiger partial charge in [0.1, 0.15) is 0 Å². The quantitative estimate of drug-likeness (QED) is 0.779. The zero-order valence-corrected chi connectivity index (χ0v) is 11.6. The van der Waals surface area contributed by atoms with Crippen LogP contribution in [-0.2, 0) is 0 Å². The highest BCUT2D eigenvalue weighted by Crippen LogP contribution is 2.23. The molecule has 0 aliphatic carbocycles. The second-order valence-corrected chi connectivity index (χ2v) is 5.24. The van der Waals surface area contributed by atoms with E-state index >= 15 is 0 Å². The van der Waals surface area contributed by atoms with Crippen LogP contribution in [0.15, 0.2) is 48.5 Å². The molecule has 2 heteroatoms. The maximum absolute atomic E-state index is 7.11. The summed E-state index contributed by atoms with van der Waals surface area (Å²) in [4.78, 5) is 3.54. The van der Waals surface area contributed by atoms with Crippen LogP contribution >= 0.6 is 0 Å². The fraction of sp³-hybridized carbons (Fsp3) is 0.235. The average Bonchev–Trinajstić information content (AvgIpc) is 2.40. The summed E-state index contributed by atoms with van der Waals surface area (Å²) < 4.78 is 0. The molecule has 0 fully saturated rings. The summed E-state index contributed by atoms with van der Waals surface area (Å²) >= 11 is 0. The molecule has 2 rings (SSSR count). The fourth-order valence-electron chi connectivity index (χ4n) is 1.87. The summed E-state index contributed by atoms with van der Waals surface area (Å²) in [6.07, 6.45) is 0. The third-order valence-corrected chi connectivity index (χ3v) is 3.00. The van der Waals surface area contributed by atoms with Crippen molar-refractivity contribution in [1.29, 1.82) is 0 Å². The van der Waals surface area contributed by atoms with Crippen molar-refractivity contribution >= 4 is 5.69 Å². The maximum Gasteiger partial charge on any atom is 0.299 e. The largest absolute Gasteiger partial charge is 0.315 e. The summed E-state index contributed by atoms with van der Waals surface area (Å²) in [7, 11) is 0. The molecular weight excluding hydrogens is 232 g/mol. The number of rotatable bonds is 3. The predicted octanol–water partition coefficient (Wildman–Crippen LogP) is 4.73. The monoisotopic (exact) mass is 250 g/mol. The molecule has 1 N–H and O–H groups in total. The van der Waals surface area contributed by atoms with Crippen molar-refractivity contribution in [1.82, 2.24) is 0 Å². The molecule has 2 aromatic rings. The van der Waals surface area contributed by atoms with E-state index in [1.54, 1.807) is 0 Å². The zero-order chi connectivity index (χ0) is 13.9. The van der Waals surface area contributed by atoms with E-state index in [0.29, 0.717) is 0 Å². The van der Waals surface area contributed by atoms with Crippen molar-refractivity contribution in [2.75, 3.05) is 5.32 Å². The van der Waals surface area contributed by atoms with Gasteiger partial charge in [0, 0.05) is 19.5 Å². The summed E-state index contributed by atoms with van der Waals surface area (Å²) in [5.41, 5.74) is 4.07. The lowest BCUT2D eigenvalue weighted by Gasteiger charge is -2.15. The van der Waals surface area contributed by atoms with Crippen molar-refractivity contribution in [3.05, 3.63) is 65.5 Å². The van der Waals surface area contributed by atoms with Crippen LogP contribution in [0.5, 0.6) is 0 Å². The topological polar surface area (TPSA) is 16.4 Å². The first-order chi connectivity index (χ1) is 9.00. The Bertz CT molecular complexity index is 587. The second-order valence-electron chi connectivity index (χ2n) is 5.24. The minimum Gasteiger partial charge on any atom is -0.315 e. The maximum atomic E-state index is 7.11. The Kier molecular flexibility index (Phi) is 3.57. The molecule has 0 aliphatic heterocycles. The Hall–Kier alpha value is -2.27. The van der Waals surface area contributed by atoms with Gasteiger partial charge in [0.15, 0.2) is 0 Å². The number of anilines is 1. The minimum absolute atomic E-state index is 0.564. The normalized spacial score (nSPS) is 10.8. The number of nitrogens with one attached hydrogen (secondary N) is 1. The number of hydrogen-bond donors (Lipinski definition) is 1. The predicted molar refractivity (Wildman–Crippen MR) is 80.9 cm³/mol. The van der Waals surface area contributed by atoms with Gasteiger partial charge in [0.05, 0.1) is 0 Å². The van der Waals surface area contributed by atoms with Crippen molar-refractivity contribution in [2.24, 2.45) is 0 Å². The van der Waals surface area contributed by atoms with Gasteiger partial charge in [-0.15, -0.1) is 0 Å². The molecule has 2 aromatic carbocycles. The number of benzene rings is 2. The van der Waals surface area contributed by atoms with Crippen LogP contribution in [0, 0.1) is 13.5 Å². The van der Waals surface area contributed by atoms with Crippen molar-refractivity contribution in [3.63, 3.8) is 0 Å². The Morgan fingerprint density at radius 3 is 1.84 bits per heavy atom. The number of aryl methyl sites for hydroxylation is 1. The Labute approximate surface area is 114 Å². The van der Waals surface area contributed by atoms with Crippen molar-refractivity contribution in [2.45, 2.75) is 26.4 Å². The molecule has 0 amide bonds. The van der Waals surface area contributed by atoms with Crippen molar-refractivity contribution < 1.29 is 0 Å². The highest BCUT2D eigenvalue weighted by molar-refractivity contribution is 5.66.